The van der Waals surface area contributed by atoms with E-state index in [1.807, 2.05) is 23.6 Å². The first-order chi connectivity index (χ1) is 11.0. The standard InChI is InChI=1S/C17H20FN5/c1-11-8-13-15(10-14(11)18)19-17(22-6-4-21(3)5-7-22)23-16(13)9-12(2)20-23/h8-10H,4-7H2,1-3H3. The summed E-state index contributed by atoms with van der Waals surface area (Å²) in [5.41, 5.74) is 3.25. The Labute approximate surface area is 134 Å². The van der Waals surface area contributed by atoms with Crippen LogP contribution >= 0.6 is 0 Å². The van der Waals surface area contributed by atoms with Crippen LogP contribution in [-0.4, -0.2) is 52.7 Å². The molecule has 2 aromatic heterocycles. The minimum Gasteiger partial charge on any atom is -0.338 e. The Morgan fingerprint density at radius 3 is 2.52 bits per heavy atom. The molecule has 6 heteroatoms. The van der Waals surface area contributed by atoms with Gasteiger partial charge < -0.3 is 9.80 Å². The van der Waals surface area contributed by atoms with Gasteiger partial charge in [0.1, 0.15) is 5.82 Å². The Balaban J connectivity index is 1.97. The number of likely N-dealkylation sites (N-methyl/N-ethyl adjacent to an activating group) is 1. The van der Waals surface area contributed by atoms with E-state index < -0.39 is 0 Å². The number of anilines is 1. The van der Waals surface area contributed by atoms with Gasteiger partial charge in [-0.3, -0.25) is 0 Å². The Morgan fingerprint density at radius 1 is 1.04 bits per heavy atom. The van der Waals surface area contributed by atoms with Crippen molar-refractivity contribution in [2.24, 2.45) is 0 Å². The summed E-state index contributed by atoms with van der Waals surface area (Å²) in [4.78, 5) is 9.27. The summed E-state index contributed by atoms with van der Waals surface area (Å²) < 4.78 is 15.9. The smallest absolute Gasteiger partial charge is 0.227 e. The van der Waals surface area contributed by atoms with Crippen molar-refractivity contribution >= 4 is 22.4 Å². The molecule has 0 amide bonds. The zero-order valence-corrected chi connectivity index (χ0v) is 13.7. The second-order valence-electron chi connectivity index (χ2n) is 6.40. The highest BCUT2D eigenvalue weighted by Crippen LogP contribution is 2.27. The van der Waals surface area contributed by atoms with Gasteiger partial charge in [0.2, 0.25) is 5.95 Å². The fourth-order valence-corrected chi connectivity index (χ4v) is 3.18. The number of aryl methyl sites for hydroxylation is 2. The number of piperazine rings is 1. The number of benzene rings is 1. The van der Waals surface area contributed by atoms with Crippen molar-refractivity contribution < 1.29 is 4.39 Å². The van der Waals surface area contributed by atoms with E-state index in [9.17, 15) is 4.39 Å². The summed E-state index contributed by atoms with van der Waals surface area (Å²) in [7, 11) is 2.12. The molecule has 0 radical (unpaired) electrons. The number of fused-ring (bicyclic) bond motifs is 3. The molecule has 0 N–H and O–H groups in total. The van der Waals surface area contributed by atoms with Gasteiger partial charge >= 0.3 is 0 Å². The van der Waals surface area contributed by atoms with Crippen LogP contribution in [0.5, 0.6) is 0 Å². The van der Waals surface area contributed by atoms with Crippen molar-refractivity contribution in [3.8, 4) is 0 Å². The SMILES string of the molecule is Cc1cc2c3cc(C)c(F)cc3nc(N3CCN(C)CC3)n2n1. The molecule has 4 rings (SSSR count). The number of hydrogen-bond acceptors (Lipinski definition) is 4. The maximum absolute atomic E-state index is 14.0. The molecule has 120 valence electrons. The summed E-state index contributed by atoms with van der Waals surface area (Å²) in [6.07, 6.45) is 0. The maximum Gasteiger partial charge on any atom is 0.227 e. The van der Waals surface area contributed by atoms with Crippen LogP contribution in [0.4, 0.5) is 10.3 Å². The average Bonchev–Trinajstić information content (AvgIpc) is 2.91. The molecule has 1 saturated heterocycles. The van der Waals surface area contributed by atoms with Gasteiger partial charge in [0.15, 0.2) is 0 Å². The minimum atomic E-state index is -0.213. The van der Waals surface area contributed by atoms with E-state index in [-0.39, 0.29) is 5.82 Å². The van der Waals surface area contributed by atoms with E-state index >= 15 is 0 Å². The minimum absolute atomic E-state index is 0.213. The summed E-state index contributed by atoms with van der Waals surface area (Å²) in [5.74, 6) is 0.590. The molecular formula is C17H20FN5. The van der Waals surface area contributed by atoms with E-state index in [1.165, 1.54) is 6.07 Å². The monoisotopic (exact) mass is 313 g/mol. The van der Waals surface area contributed by atoms with E-state index in [0.29, 0.717) is 11.1 Å². The molecular weight excluding hydrogens is 293 g/mol. The lowest BCUT2D eigenvalue weighted by molar-refractivity contribution is 0.310. The summed E-state index contributed by atoms with van der Waals surface area (Å²) in [5, 5.41) is 5.56. The van der Waals surface area contributed by atoms with Crippen LogP contribution in [0.2, 0.25) is 0 Å². The van der Waals surface area contributed by atoms with Crippen molar-refractivity contribution in [1.82, 2.24) is 19.5 Å². The summed E-state index contributed by atoms with van der Waals surface area (Å²) >= 11 is 0. The molecule has 5 nitrogen and oxygen atoms in total. The lowest BCUT2D eigenvalue weighted by atomic mass is 10.1. The van der Waals surface area contributed by atoms with Crippen LogP contribution in [0.3, 0.4) is 0 Å². The van der Waals surface area contributed by atoms with Crippen LogP contribution in [-0.2, 0) is 0 Å². The van der Waals surface area contributed by atoms with E-state index in [0.717, 1.165) is 48.7 Å². The first kappa shape index (κ1) is 14.4. The Bertz CT molecular complexity index is 893. The third-order valence-corrected chi connectivity index (χ3v) is 4.58. The van der Waals surface area contributed by atoms with Crippen molar-refractivity contribution in [2.45, 2.75) is 13.8 Å². The average molecular weight is 313 g/mol. The van der Waals surface area contributed by atoms with Gasteiger partial charge in [-0.25, -0.2) is 9.37 Å². The maximum atomic E-state index is 14.0. The van der Waals surface area contributed by atoms with Gasteiger partial charge in [0.25, 0.3) is 0 Å². The highest BCUT2D eigenvalue weighted by molar-refractivity contribution is 5.95. The number of aromatic nitrogens is 3. The zero-order chi connectivity index (χ0) is 16.1. The summed E-state index contributed by atoms with van der Waals surface area (Å²) in [6.45, 7) is 7.54. The van der Waals surface area contributed by atoms with Crippen molar-refractivity contribution in [1.29, 1.82) is 0 Å². The van der Waals surface area contributed by atoms with Crippen molar-refractivity contribution in [2.75, 3.05) is 38.1 Å². The van der Waals surface area contributed by atoms with Gasteiger partial charge in [-0.2, -0.15) is 9.61 Å². The van der Waals surface area contributed by atoms with Crippen LogP contribution < -0.4 is 4.90 Å². The third kappa shape index (κ3) is 2.34. The molecule has 0 unspecified atom stereocenters. The predicted octanol–water partition coefficient (Wildman–Crippen LogP) is 2.39. The van der Waals surface area contributed by atoms with Gasteiger partial charge in [-0.1, -0.05) is 0 Å². The number of halogens is 1. The second-order valence-corrected chi connectivity index (χ2v) is 6.40. The predicted molar refractivity (Wildman–Crippen MR) is 89.6 cm³/mol. The topological polar surface area (TPSA) is 36.7 Å². The molecule has 23 heavy (non-hydrogen) atoms. The lowest BCUT2D eigenvalue weighted by Gasteiger charge is -2.33. The first-order valence-electron chi connectivity index (χ1n) is 7.92. The molecule has 1 fully saturated rings. The van der Waals surface area contributed by atoms with Crippen LogP contribution in [0.25, 0.3) is 16.4 Å². The number of rotatable bonds is 1. The molecule has 0 aliphatic carbocycles. The van der Waals surface area contributed by atoms with Gasteiger partial charge in [0.05, 0.1) is 16.7 Å². The Hall–Kier alpha value is -2.21. The Kier molecular flexibility index (Phi) is 3.23. The Morgan fingerprint density at radius 2 is 1.78 bits per heavy atom. The molecule has 0 atom stereocenters. The highest BCUT2D eigenvalue weighted by atomic mass is 19.1. The van der Waals surface area contributed by atoms with E-state index in [1.54, 1.807) is 6.92 Å². The fourth-order valence-electron chi connectivity index (χ4n) is 3.18. The van der Waals surface area contributed by atoms with Gasteiger partial charge in [-0.15, -0.1) is 0 Å². The number of hydrogen-bond donors (Lipinski definition) is 0. The quantitative estimate of drug-likeness (QED) is 0.691. The van der Waals surface area contributed by atoms with Crippen molar-refractivity contribution in [3.05, 3.63) is 35.3 Å². The highest BCUT2D eigenvalue weighted by Gasteiger charge is 2.20. The summed E-state index contributed by atoms with van der Waals surface area (Å²) in [6, 6.07) is 5.44. The van der Waals surface area contributed by atoms with E-state index in [2.05, 4.69) is 21.9 Å². The molecule has 1 aromatic carbocycles. The molecule has 0 saturated carbocycles. The van der Waals surface area contributed by atoms with Gasteiger partial charge in [-0.05, 0) is 38.6 Å². The zero-order valence-electron chi connectivity index (χ0n) is 13.7. The van der Waals surface area contributed by atoms with Crippen LogP contribution in [0.1, 0.15) is 11.3 Å². The van der Waals surface area contributed by atoms with Gasteiger partial charge in [0, 0.05) is 37.6 Å². The molecule has 0 bridgehead atoms. The third-order valence-electron chi connectivity index (χ3n) is 4.58. The van der Waals surface area contributed by atoms with Crippen LogP contribution in [0.15, 0.2) is 18.2 Å². The fraction of sp³-hybridized carbons (Fsp3) is 0.412. The van der Waals surface area contributed by atoms with E-state index in [4.69, 9.17) is 4.98 Å². The molecule has 1 aliphatic heterocycles. The largest absolute Gasteiger partial charge is 0.338 e. The lowest BCUT2D eigenvalue weighted by Crippen LogP contribution is -2.45. The molecule has 1 aliphatic rings. The normalized spacial score (nSPS) is 16.6. The van der Waals surface area contributed by atoms with Crippen molar-refractivity contribution in [3.63, 3.8) is 0 Å². The number of nitrogens with zero attached hydrogens (tertiary/aromatic N) is 5. The molecule has 3 heterocycles. The molecule has 0 spiro atoms. The second kappa shape index (κ2) is 5.16. The first-order valence-corrected chi connectivity index (χ1v) is 7.92. The molecule has 3 aromatic rings. The van der Waals surface area contributed by atoms with Crippen LogP contribution in [0, 0.1) is 19.7 Å².